The fourth-order valence-corrected chi connectivity index (χ4v) is 4.98. The van der Waals surface area contributed by atoms with E-state index in [-0.39, 0.29) is 23.3 Å². The van der Waals surface area contributed by atoms with E-state index in [1.807, 2.05) is 41.0 Å². The van der Waals surface area contributed by atoms with Crippen molar-refractivity contribution in [2.75, 3.05) is 26.2 Å². The molecular weight excluding hydrogens is 433 g/mol. The van der Waals surface area contributed by atoms with Gasteiger partial charge in [0.2, 0.25) is 5.91 Å². The van der Waals surface area contributed by atoms with Crippen LogP contribution < -0.4 is 5.32 Å². The molecule has 0 radical (unpaired) electrons. The van der Waals surface area contributed by atoms with Crippen LogP contribution in [0.2, 0.25) is 0 Å². The van der Waals surface area contributed by atoms with Crippen molar-refractivity contribution in [1.29, 1.82) is 0 Å². The second-order valence-electron chi connectivity index (χ2n) is 9.26. The van der Waals surface area contributed by atoms with Gasteiger partial charge in [-0.2, -0.15) is 0 Å². The molecule has 1 unspecified atom stereocenters. The van der Waals surface area contributed by atoms with E-state index >= 15 is 0 Å². The molecule has 1 atom stereocenters. The quantitative estimate of drug-likeness (QED) is 0.730. The van der Waals surface area contributed by atoms with Crippen LogP contribution in [-0.2, 0) is 4.79 Å². The molecule has 2 heterocycles. The van der Waals surface area contributed by atoms with E-state index in [0.29, 0.717) is 44.6 Å². The molecule has 180 valence electrons. The molecule has 2 aliphatic rings. The van der Waals surface area contributed by atoms with Crippen LogP contribution in [0.3, 0.4) is 0 Å². The summed E-state index contributed by atoms with van der Waals surface area (Å²) in [5.41, 5.74) is 1.56. The fourth-order valence-electron chi connectivity index (χ4n) is 4.98. The Morgan fingerprint density at radius 3 is 2.12 bits per heavy atom. The third kappa shape index (κ3) is 5.29. The highest BCUT2D eigenvalue weighted by molar-refractivity contribution is 5.98. The molecular formula is C27H32FN3O3. The van der Waals surface area contributed by atoms with Crippen molar-refractivity contribution in [3.05, 3.63) is 71.0 Å². The Hall–Kier alpha value is -3.22. The first-order chi connectivity index (χ1) is 16.5. The number of halogens is 1. The van der Waals surface area contributed by atoms with Crippen LogP contribution >= 0.6 is 0 Å². The number of carbonyl (C=O) groups excluding carboxylic acids is 3. The first kappa shape index (κ1) is 23.9. The van der Waals surface area contributed by atoms with Crippen LogP contribution in [0.1, 0.15) is 58.4 Å². The number of carbonyl (C=O) groups is 3. The van der Waals surface area contributed by atoms with Crippen LogP contribution in [0, 0.1) is 18.7 Å². The van der Waals surface area contributed by atoms with E-state index in [0.717, 1.165) is 24.8 Å². The Balaban J connectivity index is 1.48. The Morgan fingerprint density at radius 1 is 0.853 bits per heavy atom. The van der Waals surface area contributed by atoms with Gasteiger partial charge in [0.05, 0.1) is 5.56 Å². The SMILES string of the molecule is Cc1ccccc1C(=O)N1CCC(C(NC(=O)c2ccccc2F)C(=O)N2CCCCC2)CC1. The van der Waals surface area contributed by atoms with Gasteiger partial charge in [-0.1, -0.05) is 30.3 Å². The largest absolute Gasteiger partial charge is 0.341 e. The molecule has 0 aliphatic carbocycles. The van der Waals surface area contributed by atoms with Gasteiger partial charge >= 0.3 is 0 Å². The average Bonchev–Trinajstić information content (AvgIpc) is 2.87. The second kappa shape index (κ2) is 10.8. The minimum atomic E-state index is -0.735. The number of likely N-dealkylation sites (tertiary alicyclic amines) is 2. The van der Waals surface area contributed by atoms with Gasteiger partial charge in [-0.3, -0.25) is 14.4 Å². The van der Waals surface area contributed by atoms with Gasteiger partial charge in [-0.05, 0) is 68.7 Å². The van der Waals surface area contributed by atoms with Gasteiger partial charge in [0, 0.05) is 31.7 Å². The maximum Gasteiger partial charge on any atom is 0.254 e. The minimum Gasteiger partial charge on any atom is -0.341 e. The molecule has 2 fully saturated rings. The summed E-state index contributed by atoms with van der Waals surface area (Å²) < 4.78 is 14.2. The highest BCUT2D eigenvalue weighted by Gasteiger charge is 2.37. The molecule has 3 amide bonds. The molecule has 7 heteroatoms. The van der Waals surface area contributed by atoms with Crippen LogP contribution in [0.15, 0.2) is 48.5 Å². The highest BCUT2D eigenvalue weighted by Crippen LogP contribution is 2.25. The highest BCUT2D eigenvalue weighted by atomic mass is 19.1. The lowest BCUT2D eigenvalue weighted by Crippen LogP contribution is -2.55. The zero-order chi connectivity index (χ0) is 24.1. The Kier molecular flexibility index (Phi) is 7.60. The zero-order valence-electron chi connectivity index (χ0n) is 19.6. The predicted octanol–water partition coefficient (Wildman–Crippen LogP) is 3.80. The smallest absolute Gasteiger partial charge is 0.254 e. The normalized spacial score (nSPS) is 17.8. The van der Waals surface area contributed by atoms with Gasteiger partial charge < -0.3 is 15.1 Å². The average molecular weight is 466 g/mol. The van der Waals surface area contributed by atoms with Crippen molar-refractivity contribution in [2.45, 2.75) is 45.1 Å². The van der Waals surface area contributed by atoms with E-state index in [9.17, 15) is 18.8 Å². The van der Waals surface area contributed by atoms with Crippen molar-refractivity contribution in [3.8, 4) is 0 Å². The number of aryl methyl sites for hydroxylation is 1. The summed E-state index contributed by atoms with van der Waals surface area (Å²) in [4.78, 5) is 43.0. The van der Waals surface area contributed by atoms with Crippen LogP contribution in [0.25, 0.3) is 0 Å². The van der Waals surface area contributed by atoms with E-state index in [1.165, 1.54) is 18.2 Å². The number of amides is 3. The zero-order valence-corrected chi connectivity index (χ0v) is 19.6. The molecule has 2 saturated heterocycles. The summed E-state index contributed by atoms with van der Waals surface area (Å²) >= 11 is 0. The molecule has 0 spiro atoms. The molecule has 0 bridgehead atoms. The summed E-state index contributed by atoms with van der Waals surface area (Å²) in [5.74, 6) is -1.42. The Labute approximate surface area is 200 Å². The number of hydrogen-bond acceptors (Lipinski definition) is 3. The van der Waals surface area contributed by atoms with E-state index in [4.69, 9.17) is 0 Å². The van der Waals surface area contributed by atoms with Crippen molar-refractivity contribution in [3.63, 3.8) is 0 Å². The lowest BCUT2D eigenvalue weighted by molar-refractivity contribution is -0.136. The summed E-state index contributed by atoms with van der Waals surface area (Å²) in [6.07, 6.45) is 4.18. The second-order valence-corrected chi connectivity index (χ2v) is 9.26. The number of nitrogens with zero attached hydrogens (tertiary/aromatic N) is 2. The lowest BCUT2D eigenvalue weighted by Gasteiger charge is -2.38. The Morgan fingerprint density at radius 2 is 1.47 bits per heavy atom. The monoisotopic (exact) mass is 465 g/mol. The van der Waals surface area contributed by atoms with E-state index in [1.54, 1.807) is 6.07 Å². The summed E-state index contributed by atoms with van der Waals surface area (Å²) in [6.45, 7) is 4.30. The lowest BCUT2D eigenvalue weighted by atomic mass is 9.87. The standard InChI is InChI=1S/C27H32FN3O3/c1-19-9-3-4-10-21(19)26(33)31-17-13-20(14-18-31)24(27(34)30-15-7-2-8-16-30)29-25(32)22-11-5-6-12-23(22)28/h3-6,9-12,20,24H,2,7-8,13-18H2,1H3,(H,29,32). The Bertz CT molecular complexity index is 1040. The van der Waals surface area contributed by atoms with Gasteiger partial charge in [0.15, 0.2) is 0 Å². The molecule has 4 rings (SSSR count). The predicted molar refractivity (Wildman–Crippen MR) is 128 cm³/mol. The summed E-state index contributed by atoms with van der Waals surface area (Å²) in [6, 6.07) is 12.6. The van der Waals surface area contributed by atoms with E-state index in [2.05, 4.69) is 5.32 Å². The molecule has 1 N–H and O–H groups in total. The molecule has 2 aromatic carbocycles. The fraction of sp³-hybridized carbons (Fsp3) is 0.444. The van der Waals surface area contributed by atoms with Crippen molar-refractivity contribution in [1.82, 2.24) is 15.1 Å². The molecule has 2 aliphatic heterocycles. The molecule has 0 aromatic heterocycles. The number of rotatable bonds is 5. The maximum absolute atomic E-state index is 14.2. The molecule has 34 heavy (non-hydrogen) atoms. The first-order valence-electron chi connectivity index (χ1n) is 12.1. The topological polar surface area (TPSA) is 69.7 Å². The first-order valence-corrected chi connectivity index (χ1v) is 12.1. The van der Waals surface area contributed by atoms with Gasteiger partial charge in [0.25, 0.3) is 11.8 Å². The third-order valence-electron chi connectivity index (χ3n) is 7.01. The molecule has 6 nitrogen and oxygen atoms in total. The molecule has 0 saturated carbocycles. The number of benzene rings is 2. The van der Waals surface area contributed by atoms with Gasteiger partial charge in [-0.15, -0.1) is 0 Å². The van der Waals surface area contributed by atoms with E-state index < -0.39 is 17.8 Å². The molecule has 2 aromatic rings. The maximum atomic E-state index is 14.2. The summed E-state index contributed by atoms with van der Waals surface area (Å²) in [7, 11) is 0. The third-order valence-corrected chi connectivity index (χ3v) is 7.01. The van der Waals surface area contributed by atoms with Crippen LogP contribution in [-0.4, -0.2) is 59.7 Å². The van der Waals surface area contributed by atoms with Crippen molar-refractivity contribution < 1.29 is 18.8 Å². The van der Waals surface area contributed by atoms with Gasteiger partial charge in [0.1, 0.15) is 11.9 Å². The van der Waals surface area contributed by atoms with Crippen molar-refractivity contribution in [2.24, 2.45) is 5.92 Å². The number of piperidine rings is 2. The number of nitrogens with one attached hydrogen (secondary N) is 1. The van der Waals surface area contributed by atoms with Crippen molar-refractivity contribution >= 4 is 17.7 Å². The summed E-state index contributed by atoms with van der Waals surface area (Å²) in [5, 5.41) is 2.85. The van der Waals surface area contributed by atoms with Crippen LogP contribution in [0.4, 0.5) is 4.39 Å². The van der Waals surface area contributed by atoms with Crippen LogP contribution in [0.5, 0.6) is 0 Å². The van der Waals surface area contributed by atoms with Gasteiger partial charge in [-0.25, -0.2) is 4.39 Å². The minimum absolute atomic E-state index is 0.00847. The number of hydrogen-bond donors (Lipinski definition) is 1.